The van der Waals surface area contributed by atoms with Gasteiger partial charge in [-0.2, -0.15) is 0 Å². The molecule has 1 unspecified atom stereocenters. The van der Waals surface area contributed by atoms with Crippen molar-refractivity contribution in [1.29, 1.82) is 0 Å². The van der Waals surface area contributed by atoms with E-state index in [1.54, 1.807) is 6.92 Å². The fraction of sp³-hybridized carbons (Fsp3) is 0.533. The maximum absolute atomic E-state index is 12.5. The minimum absolute atomic E-state index is 0.0413. The van der Waals surface area contributed by atoms with E-state index >= 15 is 0 Å². The summed E-state index contributed by atoms with van der Waals surface area (Å²) in [7, 11) is 0. The van der Waals surface area contributed by atoms with Crippen LogP contribution >= 0.6 is 0 Å². The van der Waals surface area contributed by atoms with Crippen molar-refractivity contribution in [2.45, 2.75) is 33.3 Å². The van der Waals surface area contributed by atoms with Gasteiger partial charge >= 0.3 is 11.8 Å². The van der Waals surface area contributed by atoms with Gasteiger partial charge in [0, 0.05) is 6.07 Å². The number of hydrogen-bond donors (Lipinski definition) is 0. The molecule has 24 heavy (non-hydrogen) atoms. The number of ether oxygens (including phenoxy) is 2. The van der Waals surface area contributed by atoms with Crippen molar-refractivity contribution in [3.63, 3.8) is 0 Å². The van der Waals surface area contributed by atoms with E-state index in [1.807, 2.05) is 13.8 Å². The van der Waals surface area contributed by atoms with Crippen LogP contribution in [0.15, 0.2) is 12.1 Å². The fourth-order valence-corrected chi connectivity index (χ4v) is 2.14. The molecule has 0 fully saturated rings. The van der Waals surface area contributed by atoms with Gasteiger partial charge in [-0.15, -0.1) is 0 Å². The van der Waals surface area contributed by atoms with E-state index in [-0.39, 0.29) is 30.6 Å². The third-order valence-corrected chi connectivity index (χ3v) is 3.31. The van der Waals surface area contributed by atoms with E-state index in [2.05, 4.69) is 4.98 Å². The number of carbonyl (C=O) groups excluding carboxylic acids is 2. The second-order valence-corrected chi connectivity index (χ2v) is 5.76. The smallest absolute Gasteiger partial charge is 0.366 e. The van der Waals surface area contributed by atoms with Gasteiger partial charge in [-0.05, 0) is 28.3 Å². The number of nitrogens with zero attached hydrogens (tertiary/aromatic N) is 3. The van der Waals surface area contributed by atoms with Gasteiger partial charge in [-0.1, -0.05) is 20.8 Å². The first-order valence-corrected chi connectivity index (χ1v) is 7.62. The lowest BCUT2D eigenvalue weighted by molar-refractivity contribution is -0.389. The molecule has 9 nitrogen and oxygen atoms in total. The summed E-state index contributed by atoms with van der Waals surface area (Å²) in [5, 5.41) is 10.9. The number of amides is 1. The van der Waals surface area contributed by atoms with Crippen LogP contribution in [0.5, 0.6) is 5.75 Å². The van der Waals surface area contributed by atoms with Crippen LogP contribution < -0.4 is 9.64 Å². The summed E-state index contributed by atoms with van der Waals surface area (Å²) in [6.45, 7) is 5.40. The Labute approximate surface area is 138 Å². The highest BCUT2D eigenvalue weighted by atomic mass is 16.6. The van der Waals surface area contributed by atoms with Crippen molar-refractivity contribution in [3.05, 3.63) is 22.2 Å². The summed E-state index contributed by atoms with van der Waals surface area (Å²) in [5.41, 5.74) is 0. The van der Waals surface area contributed by atoms with Crippen molar-refractivity contribution in [1.82, 2.24) is 4.98 Å². The number of pyridine rings is 1. The van der Waals surface area contributed by atoms with Crippen molar-refractivity contribution >= 4 is 23.5 Å². The summed E-state index contributed by atoms with van der Waals surface area (Å²) >= 11 is 0. The summed E-state index contributed by atoms with van der Waals surface area (Å²) in [5.74, 6) is -1.17. The molecule has 1 aliphatic rings. The van der Waals surface area contributed by atoms with Crippen molar-refractivity contribution in [3.8, 4) is 5.75 Å². The van der Waals surface area contributed by atoms with Crippen LogP contribution in [0.1, 0.15) is 27.2 Å². The standard InChI is InChI=1S/C15H19N3O6/c1-4-10-15(20)17(7-13(19)23-8-9(2)3)14-11(24-10)5-6-12(16-14)18(21)22/h5-6,9-10H,4,7-8H2,1-3H3. The maximum atomic E-state index is 12.5. The van der Waals surface area contributed by atoms with Crippen LogP contribution in [0.3, 0.4) is 0 Å². The highest BCUT2D eigenvalue weighted by molar-refractivity contribution is 6.02. The van der Waals surface area contributed by atoms with E-state index < -0.39 is 28.7 Å². The van der Waals surface area contributed by atoms with Gasteiger partial charge in [0.25, 0.3) is 11.7 Å². The van der Waals surface area contributed by atoms with Crippen LogP contribution in [-0.4, -0.2) is 41.0 Å². The Morgan fingerprint density at radius 1 is 1.50 bits per heavy atom. The lowest BCUT2D eigenvalue weighted by Gasteiger charge is -2.30. The van der Waals surface area contributed by atoms with Crippen LogP contribution in [0.25, 0.3) is 0 Å². The van der Waals surface area contributed by atoms with E-state index in [0.29, 0.717) is 6.42 Å². The average Bonchev–Trinajstić information content (AvgIpc) is 2.54. The normalized spacial score (nSPS) is 16.6. The molecular weight excluding hydrogens is 318 g/mol. The van der Waals surface area contributed by atoms with E-state index in [4.69, 9.17) is 9.47 Å². The number of fused-ring (bicyclic) bond motifs is 1. The molecule has 0 spiro atoms. The van der Waals surface area contributed by atoms with Crippen LogP contribution in [0.4, 0.5) is 11.6 Å². The zero-order valence-corrected chi connectivity index (χ0v) is 13.7. The Hall–Kier alpha value is -2.71. The molecule has 1 aliphatic heterocycles. The summed E-state index contributed by atoms with van der Waals surface area (Å²) in [6, 6.07) is 2.57. The predicted octanol–water partition coefficient (Wildman–Crippen LogP) is 1.69. The lowest BCUT2D eigenvalue weighted by atomic mass is 10.2. The van der Waals surface area contributed by atoms with Crippen LogP contribution in [-0.2, 0) is 14.3 Å². The molecule has 0 saturated heterocycles. The zero-order valence-electron chi connectivity index (χ0n) is 13.7. The first-order valence-electron chi connectivity index (χ1n) is 7.62. The predicted molar refractivity (Wildman–Crippen MR) is 83.7 cm³/mol. The molecule has 2 rings (SSSR count). The first-order chi connectivity index (χ1) is 11.3. The van der Waals surface area contributed by atoms with Crippen molar-refractivity contribution < 1.29 is 24.0 Å². The third-order valence-electron chi connectivity index (χ3n) is 3.31. The second-order valence-electron chi connectivity index (χ2n) is 5.76. The monoisotopic (exact) mass is 337 g/mol. The molecule has 1 aromatic heterocycles. The second kappa shape index (κ2) is 7.24. The van der Waals surface area contributed by atoms with E-state index in [0.717, 1.165) is 4.90 Å². The highest BCUT2D eigenvalue weighted by Crippen LogP contribution is 2.34. The van der Waals surface area contributed by atoms with Crippen LogP contribution in [0.2, 0.25) is 0 Å². The summed E-state index contributed by atoms with van der Waals surface area (Å²) < 4.78 is 10.6. The maximum Gasteiger partial charge on any atom is 0.366 e. The Morgan fingerprint density at radius 2 is 2.21 bits per heavy atom. The number of carbonyl (C=O) groups is 2. The Morgan fingerprint density at radius 3 is 2.79 bits per heavy atom. The highest BCUT2D eigenvalue weighted by Gasteiger charge is 2.39. The molecule has 0 saturated carbocycles. The molecule has 9 heteroatoms. The van der Waals surface area contributed by atoms with Crippen molar-refractivity contribution in [2.24, 2.45) is 5.92 Å². The number of rotatable bonds is 6. The molecule has 0 bridgehead atoms. The fourth-order valence-electron chi connectivity index (χ4n) is 2.14. The molecule has 1 aromatic rings. The van der Waals surface area contributed by atoms with Gasteiger partial charge in [-0.25, -0.2) is 0 Å². The Balaban J connectivity index is 2.30. The Bertz CT molecular complexity index is 661. The largest absolute Gasteiger partial charge is 0.474 e. The third kappa shape index (κ3) is 3.79. The summed E-state index contributed by atoms with van der Waals surface area (Å²) in [6.07, 6.45) is -0.369. The molecule has 1 atom stereocenters. The van der Waals surface area contributed by atoms with E-state index in [1.165, 1.54) is 12.1 Å². The number of anilines is 1. The van der Waals surface area contributed by atoms with Gasteiger partial charge in [0.1, 0.15) is 6.54 Å². The van der Waals surface area contributed by atoms with Gasteiger partial charge in [0.05, 0.1) is 6.61 Å². The molecule has 0 N–H and O–H groups in total. The number of aromatic nitrogens is 1. The molecule has 1 amide bonds. The Kier molecular flexibility index (Phi) is 5.32. The molecule has 130 valence electrons. The van der Waals surface area contributed by atoms with Crippen molar-refractivity contribution in [2.75, 3.05) is 18.1 Å². The summed E-state index contributed by atoms with van der Waals surface area (Å²) in [4.78, 5) is 39.6. The van der Waals surface area contributed by atoms with Gasteiger partial charge in [0.15, 0.2) is 11.9 Å². The lowest BCUT2D eigenvalue weighted by Crippen LogP contribution is -2.48. The minimum Gasteiger partial charge on any atom is -0.474 e. The number of nitro groups is 1. The minimum atomic E-state index is -0.765. The van der Waals surface area contributed by atoms with E-state index in [9.17, 15) is 19.7 Å². The molecule has 0 aromatic carbocycles. The first kappa shape index (κ1) is 17.6. The van der Waals surface area contributed by atoms with Gasteiger partial charge < -0.3 is 19.6 Å². The topological polar surface area (TPSA) is 112 Å². The zero-order chi connectivity index (χ0) is 17.9. The molecular formula is C15H19N3O6. The molecule has 0 aliphatic carbocycles. The van der Waals surface area contributed by atoms with Crippen LogP contribution in [0, 0.1) is 16.0 Å². The molecule has 0 radical (unpaired) electrons. The van der Waals surface area contributed by atoms with Gasteiger partial charge in [0.2, 0.25) is 0 Å². The number of esters is 1. The number of hydrogen-bond acceptors (Lipinski definition) is 7. The SMILES string of the molecule is CCC1Oc2ccc([N+](=O)[O-])nc2N(CC(=O)OCC(C)C)C1=O. The molecule has 2 heterocycles. The average molecular weight is 337 g/mol. The van der Waals surface area contributed by atoms with Gasteiger partial charge in [-0.3, -0.25) is 14.5 Å². The quantitative estimate of drug-likeness (QED) is 0.441.